The van der Waals surface area contributed by atoms with Crippen LogP contribution in [0.3, 0.4) is 0 Å². The molecule has 1 aliphatic carbocycles. The van der Waals surface area contributed by atoms with Gasteiger partial charge in [0.25, 0.3) is 23.6 Å². The molecule has 0 radical (unpaired) electrons. The highest BCUT2D eigenvalue weighted by molar-refractivity contribution is 5.79. The Kier molecular flexibility index (Phi) is 32.2. The van der Waals surface area contributed by atoms with E-state index in [1.165, 1.54) is 25.7 Å². The van der Waals surface area contributed by atoms with Crippen molar-refractivity contribution in [3.8, 4) is 23.0 Å². The van der Waals surface area contributed by atoms with E-state index in [1.807, 2.05) is 47.8 Å². The summed E-state index contributed by atoms with van der Waals surface area (Å²) in [6, 6.07) is 18.0. The lowest BCUT2D eigenvalue weighted by atomic mass is 9.79. The molecule has 96 heavy (non-hydrogen) atoms. The van der Waals surface area contributed by atoms with Gasteiger partial charge in [-0.2, -0.15) is 0 Å². The second-order valence-corrected chi connectivity index (χ2v) is 32.3. The Morgan fingerprint density at radius 3 is 0.583 bits per heavy atom. The van der Waals surface area contributed by atoms with Crippen LogP contribution < -0.4 is 18.9 Å². The van der Waals surface area contributed by atoms with Gasteiger partial charge < -0.3 is 38.5 Å². The number of benzene rings is 4. The van der Waals surface area contributed by atoms with Gasteiger partial charge in [-0.1, -0.05) is 262 Å². The molecule has 4 aromatic rings. The van der Waals surface area contributed by atoms with Crippen molar-refractivity contribution in [1.29, 1.82) is 0 Å². The first kappa shape index (κ1) is 80.6. The molecule has 8 bridgehead atoms. The smallest absolute Gasteiger partial charge is 0.260 e. The second kappa shape index (κ2) is 38.4. The Morgan fingerprint density at radius 2 is 0.438 bits per heavy atom. The van der Waals surface area contributed by atoms with E-state index < -0.39 is 0 Å². The summed E-state index contributed by atoms with van der Waals surface area (Å²) in [6.45, 7) is 37.5. The Bertz CT molecular complexity index is 2610. The average molecular weight is 1330 g/mol. The van der Waals surface area contributed by atoms with Crippen LogP contribution in [0.2, 0.25) is 0 Å². The minimum Gasteiger partial charge on any atom is -0.483 e. The zero-order valence-corrected chi connectivity index (χ0v) is 64.3. The van der Waals surface area contributed by atoms with Gasteiger partial charge in [0.1, 0.15) is 23.0 Å². The fraction of sp³-hybridized carbons (Fsp3) is 0.667. The fourth-order valence-electron chi connectivity index (χ4n) is 12.6. The molecule has 0 spiro atoms. The van der Waals surface area contributed by atoms with Crippen molar-refractivity contribution in [3.05, 3.63) is 115 Å². The van der Waals surface area contributed by atoms with Gasteiger partial charge in [-0.05, 0) is 114 Å². The largest absolute Gasteiger partial charge is 0.483 e. The minimum absolute atomic E-state index is 0.1000. The quantitative estimate of drug-likeness (QED) is 0.0364. The topological polar surface area (TPSA) is 118 Å². The molecule has 0 aromatic heterocycles. The normalized spacial score (nSPS) is 12.7. The van der Waals surface area contributed by atoms with Crippen LogP contribution in [-0.2, 0) is 66.5 Å². The zero-order valence-electron chi connectivity index (χ0n) is 64.3. The molecule has 0 aliphatic heterocycles. The molecule has 0 saturated heterocycles. The number of hydrogen-bond acceptors (Lipinski definition) is 8. The molecule has 5 rings (SSSR count). The van der Waals surface area contributed by atoms with Gasteiger partial charge in [-0.3, -0.25) is 19.2 Å². The molecule has 12 nitrogen and oxygen atoms in total. The number of nitrogens with zero attached hydrogens (tertiary/aromatic N) is 4. The van der Waals surface area contributed by atoms with Crippen LogP contribution in [0.15, 0.2) is 48.5 Å². The Balaban J connectivity index is 1.94. The molecule has 0 N–H and O–H groups in total. The van der Waals surface area contributed by atoms with Gasteiger partial charge in [0.05, 0.1) is 0 Å². The molecular formula is C84H132N4O8. The third-order valence-electron chi connectivity index (χ3n) is 19.4. The van der Waals surface area contributed by atoms with Crippen molar-refractivity contribution in [2.45, 2.75) is 287 Å². The summed E-state index contributed by atoms with van der Waals surface area (Å²) >= 11 is 0. The monoisotopic (exact) mass is 1330 g/mol. The number of unbranched alkanes of at least 4 members (excludes halogenated alkanes) is 16. The summed E-state index contributed by atoms with van der Waals surface area (Å²) in [7, 11) is 7.52. The average Bonchev–Trinajstić information content (AvgIpc) is 0.768. The standard InChI is InChI=1S/C84H132N4O8/c1-21-25-29-33-37-41-85(17)73(89)57-93-77-61-45-63-51-70(82(8,9)10)53-65(78(63)94-58-74(90)86(18)42-38-34-30-26-22-2)47-67-55-72(84(14,15)16)56-68(80(67)96-60-76(92)88(20)44-40-36-32-28-24-4)48-66-54-71(83(11,12)13)52-64(46-62(77)50-69(49-61)81(5,6)7)79(66)95-59-75(91)87(19)43-39-35-31-27-23-3/h49-56H,21-48,57-60H2,1-20H3. The Morgan fingerprint density at radius 1 is 0.281 bits per heavy atom. The van der Waals surface area contributed by atoms with Crippen LogP contribution in [-0.4, -0.2) is 124 Å². The van der Waals surface area contributed by atoms with Gasteiger partial charge in [-0.25, -0.2) is 0 Å². The highest BCUT2D eigenvalue weighted by Gasteiger charge is 2.31. The van der Waals surface area contributed by atoms with E-state index >= 15 is 0 Å². The SMILES string of the molecule is CCCCCCCN(C)C(=O)COc1c2cc(C(C)(C)C)cc1Cc1cc(C(C)(C)C)cc(c1OCC(=O)N(C)CCCCCCC)Cc1cc(C(C)(C)C)cc(c1OCC(=O)N(C)CCCCCCC)Cc1cc(C(C)(C)C)cc(c1OCC(=O)N(C)CCCCCCC)C2. The second-order valence-electron chi connectivity index (χ2n) is 32.3. The molecule has 4 amide bonds. The number of carbonyl (C=O) groups excluding carboxylic acids is 4. The van der Waals surface area contributed by atoms with Crippen LogP contribution in [0.1, 0.15) is 306 Å². The summed E-state index contributed by atoms with van der Waals surface area (Å²) in [5.74, 6) is 2.07. The van der Waals surface area contributed by atoms with Crippen LogP contribution in [0.4, 0.5) is 0 Å². The summed E-state index contributed by atoms with van der Waals surface area (Å²) < 4.78 is 28.7. The minimum atomic E-state index is -0.331. The first-order chi connectivity index (χ1) is 45.3. The van der Waals surface area contributed by atoms with Crippen molar-refractivity contribution in [2.24, 2.45) is 0 Å². The van der Waals surface area contributed by atoms with E-state index in [0.717, 1.165) is 169 Å². The summed E-state index contributed by atoms with van der Waals surface area (Å²) in [4.78, 5) is 65.2. The van der Waals surface area contributed by atoms with Gasteiger partial charge in [0.2, 0.25) is 0 Å². The maximum atomic E-state index is 14.5. The maximum absolute atomic E-state index is 14.5. The lowest BCUT2D eigenvalue weighted by Crippen LogP contribution is -2.33. The summed E-state index contributed by atoms with van der Waals surface area (Å²) in [6.07, 6.45) is 23.1. The summed E-state index contributed by atoms with van der Waals surface area (Å²) in [5, 5.41) is 0. The van der Waals surface area contributed by atoms with Gasteiger partial charge in [0, 0.05) is 80.1 Å². The molecule has 0 unspecified atom stereocenters. The van der Waals surface area contributed by atoms with Crippen molar-refractivity contribution >= 4 is 23.6 Å². The van der Waals surface area contributed by atoms with E-state index in [2.05, 4.69) is 159 Å². The number of ether oxygens (including phenoxy) is 4. The van der Waals surface area contributed by atoms with E-state index in [9.17, 15) is 19.2 Å². The highest BCUT2D eigenvalue weighted by atomic mass is 16.5. The van der Waals surface area contributed by atoms with Crippen molar-refractivity contribution in [2.75, 3.05) is 80.8 Å². The Hall–Kier alpha value is -6.04. The number of hydrogen-bond donors (Lipinski definition) is 0. The van der Waals surface area contributed by atoms with Crippen LogP contribution in [0, 0.1) is 0 Å². The van der Waals surface area contributed by atoms with E-state index in [1.54, 1.807) is 0 Å². The predicted octanol–water partition coefficient (Wildman–Crippen LogP) is 18.8. The van der Waals surface area contributed by atoms with Crippen LogP contribution in [0.5, 0.6) is 23.0 Å². The summed E-state index contributed by atoms with van der Waals surface area (Å²) in [5.41, 5.74) is 10.1. The molecule has 0 heterocycles. The van der Waals surface area contributed by atoms with E-state index in [-0.39, 0.29) is 71.7 Å². The molecule has 4 aromatic carbocycles. The molecule has 0 fully saturated rings. The highest BCUT2D eigenvalue weighted by Crippen LogP contribution is 2.45. The molecule has 536 valence electrons. The van der Waals surface area contributed by atoms with E-state index in [0.29, 0.717) is 74.9 Å². The van der Waals surface area contributed by atoms with Crippen molar-refractivity contribution in [1.82, 2.24) is 19.6 Å². The third-order valence-corrected chi connectivity index (χ3v) is 19.4. The Labute approximate surface area is 584 Å². The van der Waals surface area contributed by atoms with Crippen molar-refractivity contribution in [3.63, 3.8) is 0 Å². The van der Waals surface area contributed by atoms with Crippen LogP contribution in [0.25, 0.3) is 0 Å². The lowest BCUT2D eigenvalue weighted by molar-refractivity contribution is -0.132. The molecule has 12 heteroatoms. The molecule has 0 atom stereocenters. The lowest BCUT2D eigenvalue weighted by Gasteiger charge is -2.29. The zero-order chi connectivity index (χ0) is 71.0. The van der Waals surface area contributed by atoms with Crippen LogP contribution >= 0.6 is 0 Å². The first-order valence-corrected chi connectivity index (χ1v) is 37.4. The van der Waals surface area contributed by atoms with Gasteiger partial charge >= 0.3 is 0 Å². The number of likely N-dealkylation sites (N-methyl/N-ethyl adjacent to an activating group) is 4. The maximum Gasteiger partial charge on any atom is 0.260 e. The number of amides is 4. The third kappa shape index (κ3) is 25.4. The number of fused-ring (bicyclic) bond motifs is 8. The molecule has 0 saturated carbocycles. The number of rotatable bonds is 36. The van der Waals surface area contributed by atoms with Crippen molar-refractivity contribution < 1.29 is 38.1 Å². The first-order valence-electron chi connectivity index (χ1n) is 37.4. The van der Waals surface area contributed by atoms with Gasteiger partial charge in [0.15, 0.2) is 26.4 Å². The molecular weight excluding hydrogens is 1190 g/mol. The molecule has 1 aliphatic rings. The van der Waals surface area contributed by atoms with E-state index in [4.69, 9.17) is 18.9 Å². The van der Waals surface area contributed by atoms with Gasteiger partial charge in [-0.15, -0.1) is 0 Å². The fourth-order valence-corrected chi connectivity index (χ4v) is 12.6. The number of carbonyl (C=O) groups is 4. The predicted molar refractivity (Wildman–Crippen MR) is 399 cm³/mol.